The predicted molar refractivity (Wildman–Crippen MR) is 72.3 cm³/mol. The number of pyridine rings is 1. The normalized spacial score (nSPS) is 13.4. The number of aromatic nitrogens is 1. The van der Waals surface area contributed by atoms with Gasteiger partial charge in [-0.15, -0.1) is 11.6 Å². The standard InChI is InChI=1S/C15H14ClNO/c16-10-11-6-7-17-15(8-11)18-14-5-4-12-2-1-3-13(12)9-14/h4-9H,1-3,10H2. The molecule has 1 heterocycles. The van der Waals surface area contributed by atoms with Gasteiger partial charge in [0.05, 0.1) is 0 Å². The van der Waals surface area contributed by atoms with E-state index in [4.69, 9.17) is 16.3 Å². The molecule has 0 N–H and O–H groups in total. The summed E-state index contributed by atoms with van der Waals surface area (Å²) in [6.45, 7) is 0. The molecule has 0 radical (unpaired) electrons. The lowest BCUT2D eigenvalue weighted by molar-refractivity contribution is 0.462. The van der Waals surface area contributed by atoms with Gasteiger partial charge in [-0.2, -0.15) is 0 Å². The van der Waals surface area contributed by atoms with Gasteiger partial charge in [-0.05, 0) is 54.2 Å². The second kappa shape index (κ2) is 4.99. The van der Waals surface area contributed by atoms with Crippen LogP contribution in [0.25, 0.3) is 0 Å². The van der Waals surface area contributed by atoms with E-state index in [1.54, 1.807) is 6.20 Å². The summed E-state index contributed by atoms with van der Waals surface area (Å²) in [7, 11) is 0. The molecule has 0 atom stereocenters. The van der Waals surface area contributed by atoms with Gasteiger partial charge in [0.15, 0.2) is 0 Å². The van der Waals surface area contributed by atoms with E-state index in [9.17, 15) is 0 Å². The Balaban J connectivity index is 1.83. The average molecular weight is 260 g/mol. The predicted octanol–water partition coefficient (Wildman–Crippen LogP) is 4.10. The van der Waals surface area contributed by atoms with Crippen LogP contribution in [0.3, 0.4) is 0 Å². The van der Waals surface area contributed by atoms with Crippen LogP contribution >= 0.6 is 11.6 Å². The molecule has 3 rings (SSSR count). The molecule has 1 aromatic heterocycles. The zero-order valence-corrected chi connectivity index (χ0v) is 10.8. The summed E-state index contributed by atoms with van der Waals surface area (Å²) in [4.78, 5) is 4.20. The molecule has 2 aromatic rings. The molecule has 1 aliphatic rings. The Kier molecular flexibility index (Phi) is 3.20. The van der Waals surface area contributed by atoms with Gasteiger partial charge in [0.25, 0.3) is 0 Å². The van der Waals surface area contributed by atoms with Crippen LogP contribution in [-0.4, -0.2) is 4.98 Å². The summed E-state index contributed by atoms with van der Waals surface area (Å²) in [6, 6.07) is 10.1. The lowest BCUT2D eigenvalue weighted by atomic mass is 10.1. The Morgan fingerprint density at radius 1 is 1.11 bits per heavy atom. The van der Waals surface area contributed by atoms with Gasteiger partial charge >= 0.3 is 0 Å². The van der Waals surface area contributed by atoms with Gasteiger partial charge in [0.2, 0.25) is 5.88 Å². The topological polar surface area (TPSA) is 22.1 Å². The summed E-state index contributed by atoms with van der Waals surface area (Å²) in [5, 5.41) is 0. The molecule has 2 nitrogen and oxygen atoms in total. The molecule has 1 aliphatic carbocycles. The number of hydrogen-bond donors (Lipinski definition) is 0. The van der Waals surface area contributed by atoms with Crippen LogP contribution in [0, 0.1) is 0 Å². The van der Waals surface area contributed by atoms with Crippen LogP contribution in [0.4, 0.5) is 0 Å². The maximum Gasteiger partial charge on any atom is 0.219 e. The molecule has 0 aliphatic heterocycles. The van der Waals surface area contributed by atoms with Crippen molar-refractivity contribution in [3.63, 3.8) is 0 Å². The second-order valence-electron chi connectivity index (χ2n) is 4.52. The number of aryl methyl sites for hydroxylation is 2. The quantitative estimate of drug-likeness (QED) is 0.774. The first-order chi connectivity index (χ1) is 8.85. The fraction of sp³-hybridized carbons (Fsp3) is 0.267. The van der Waals surface area contributed by atoms with Crippen molar-refractivity contribution < 1.29 is 4.74 Å². The number of rotatable bonds is 3. The van der Waals surface area contributed by atoms with E-state index < -0.39 is 0 Å². The molecule has 0 bridgehead atoms. The number of benzene rings is 1. The first-order valence-corrected chi connectivity index (χ1v) is 6.69. The summed E-state index contributed by atoms with van der Waals surface area (Å²) in [6.07, 6.45) is 5.32. The molecule has 3 heteroatoms. The maximum absolute atomic E-state index is 5.80. The zero-order chi connectivity index (χ0) is 12.4. The zero-order valence-electron chi connectivity index (χ0n) is 10.0. The number of halogens is 1. The summed E-state index contributed by atoms with van der Waals surface area (Å²) in [5.41, 5.74) is 3.87. The highest BCUT2D eigenvalue weighted by atomic mass is 35.5. The van der Waals surface area contributed by atoms with Crippen LogP contribution in [0.5, 0.6) is 11.6 Å². The molecule has 0 unspecified atom stereocenters. The smallest absolute Gasteiger partial charge is 0.219 e. The Labute approximate surface area is 112 Å². The van der Waals surface area contributed by atoms with Gasteiger partial charge < -0.3 is 4.74 Å². The van der Waals surface area contributed by atoms with Crippen LogP contribution in [0.15, 0.2) is 36.5 Å². The van der Waals surface area contributed by atoms with Gasteiger partial charge in [-0.3, -0.25) is 0 Å². The van der Waals surface area contributed by atoms with Crippen LogP contribution < -0.4 is 4.74 Å². The molecule has 0 saturated heterocycles. The van der Waals surface area contributed by atoms with Gasteiger partial charge in [0.1, 0.15) is 5.75 Å². The second-order valence-corrected chi connectivity index (χ2v) is 4.79. The summed E-state index contributed by atoms with van der Waals surface area (Å²) >= 11 is 5.80. The third kappa shape index (κ3) is 2.34. The van der Waals surface area contributed by atoms with E-state index in [1.807, 2.05) is 18.2 Å². The molecule has 0 saturated carbocycles. The van der Waals surface area contributed by atoms with E-state index in [2.05, 4.69) is 17.1 Å². The Morgan fingerprint density at radius 2 is 2.00 bits per heavy atom. The minimum atomic E-state index is 0.475. The largest absolute Gasteiger partial charge is 0.439 e. The van der Waals surface area contributed by atoms with E-state index in [-0.39, 0.29) is 0 Å². The van der Waals surface area contributed by atoms with Crippen molar-refractivity contribution >= 4 is 11.6 Å². The SMILES string of the molecule is ClCc1ccnc(Oc2ccc3c(c2)CCC3)c1. The molecule has 0 amide bonds. The molecule has 0 fully saturated rings. The van der Waals surface area contributed by atoms with Crippen molar-refractivity contribution in [3.05, 3.63) is 53.2 Å². The van der Waals surface area contributed by atoms with E-state index in [0.29, 0.717) is 11.8 Å². The van der Waals surface area contributed by atoms with Crippen molar-refractivity contribution in [2.45, 2.75) is 25.1 Å². The van der Waals surface area contributed by atoms with Gasteiger partial charge in [-0.1, -0.05) is 6.07 Å². The highest BCUT2D eigenvalue weighted by Gasteiger charge is 2.11. The third-order valence-corrected chi connectivity index (χ3v) is 3.55. The van der Waals surface area contributed by atoms with Crippen molar-refractivity contribution in [1.82, 2.24) is 4.98 Å². The molecular weight excluding hydrogens is 246 g/mol. The average Bonchev–Trinajstić information content (AvgIpc) is 2.86. The first-order valence-electron chi connectivity index (χ1n) is 6.16. The molecular formula is C15H14ClNO. The highest BCUT2D eigenvalue weighted by Crippen LogP contribution is 2.28. The van der Waals surface area contributed by atoms with Gasteiger partial charge in [0, 0.05) is 18.1 Å². The van der Waals surface area contributed by atoms with Crippen LogP contribution in [-0.2, 0) is 18.7 Å². The molecule has 1 aromatic carbocycles. The highest BCUT2D eigenvalue weighted by molar-refractivity contribution is 6.17. The Morgan fingerprint density at radius 3 is 2.89 bits per heavy atom. The number of nitrogens with zero attached hydrogens (tertiary/aromatic N) is 1. The van der Waals surface area contributed by atoms with Crippen molar-refractivity contribution in [3.8, 4) is 11.6 Å². The molecule has 18 heavy (non-hydrogen) atoms. The molecule has 92 valence electrons. The number of fused-ring (bicyclic) bond motifs is 1. The fourth-order valence-electron chi connectivity index (χ4n) is 2.32. The monoisotopic (exact) mass is 259 g/mol. The lowest BCUT2D eigenvalue weighted by Gasteiger charge is -2.07. The van der Waals surface area contributed by atoms with Gasteiger partial charge in [-0.25, -0.2) is 4.98 Å². The lowest BCUT2D eigenvalue weighted by Crippen LogP contribution is -1.91. The van der Waals surface area contributed by atoms with E-state index in [0.717, 1.165) is 17.7 Å². The minimum absolute atomic E-state index is 0.475. The van der Waals surface area contributed by atoms with Crippen molar-refractivity contribution in [1.29, 1.82) is 0 Å². The van der Waals surface area contributed by atoms with Crippen LogP contribution in [0.2, 0.25) is 0 Å². The number of hydrogen-bond acceptors (Lipinski definition) is 2. The minimum Gasteiger partial charge on any atom is -0.439 e. The Hall–Kier alpha value is -1.54. The number of ether oxygens (including phenoxy) is 1. The van der Waals surface area contributed by atoms with Crippen LogP contribution in [0.1, 0.15) is 23.1 Å². The van der Waals surface area contributed by atoms with E-state index in [1.165, 1.54) is 24.0 Å². The summed E-state index contributed by atoms with van der Waals surface area (Å²) < 4.78 is 5.78. The van der Waals surface area contributed by atoms with Crippen molar-refractivity contribution in [2.24, 2.45) is 0 Å². The third-order valence-electron chi connectivity index (χ3n) is 3.25. The summed E-state index contributed by atoms with van der Waals surface area (Å²) in [5.74, 6) is 1.93. The van der Waals surface area contributed by atoms with Crippen molar-refractivity contribution in [2.75, 3.05) is 0 Å². The molecule has 0 spiro atoms. The van der Waals surface area contributed by atoms with E-state index >= 15 is 0 Å². The first kappa shape index (κ1) is 11.5. The fourth-order valence-corrected chi connectivity index (χ4v) is 2.49. The number of alkyl halides is 1. The Bertz CT molecular complexity index is 568. The maximum atomic E-state index is 5.80.